The van der Waals surface area contributed by atoms with Crippen LogP contribution in [0.25, 0.3) is 0 Å². The Morgan fingerprint density at radius 1 is 1.52 bits per heavy atom. The fraction of sp³-hybridized carbons (Fsp3) is 0.533. The van der Waals surface area contributed by atoms with E-state index >= 15 is 0 Å². The number of carbonyl (C=O) groups is 1. The van der Waals surface area contributed by atoms with Crippen LogP contribution in [0.4, 0.5) is 10.1 Å². The van der Waals surface area contributed by atoms with E-state index in [1.54, 1.807) is 12.1 Å². The Morgan fingerprint density at radius 2 is 2.24 bits per heavy atom. The van der Waals surface area contributed by atoms with Crippen LogP contribution in [0.3, 0.4) is 0 Å². The zero-order chi connectivity index (χ0) is 14.5. The SMILES string of the molecule is CN(CCC(=O)Nc1cccc(F)c1)C(CN)C1CC1.Cl. The third-order valence-electron chi connectivity index (χ3n) is 3.77. The Morgan fingerprint density at radius 3 is 2.81 bits per heavy atom. The lowest BCUT2D eigenvalue weighted by molar-refractivity contribution is -0.116. The topological polar surface area (TPSA) is 58.4 Å². The summed E-state index contributed by atoms with van der Waals surface area (Å²) in [5.74, 6) is 0.238. The number of amides is 1. The molecule has 1 atom stereocenters. The molecule has 1 aliphatic carbocycles. The summed E-state index contributed by atoms with van der Waals surface area (Å²) in [6.45, 7) is 1.30. The number of anilines is 1. The third-order valence-corrected chi connectivity index (χ3v) is 3.77. The minimum atomic E-state index is -0.350. The minimum absolute atomic E-state index is 0. The molecule has 21 heavy (non-hydrogen) atoms. The van der Waals surface area contributed by atoms with Gasteiger partial charge in [-0.25, -0.2) is 4.39 Å². The molecule has 4 nitrogen and oxygen atoms in total. The summed E-state index contributed by atoms with van der Waals surface area (Å²) in [6, 6.07) is 6.29. The molecule has 6 heteroatoms. The fourth-order valence-corrected chi connectivity index (χ4v) is 2.45. The number of benzene rings is 1. The number of rotatable bonds is 7. The van der Waals surface area contributed by atoms with Crippen molar-refractivity contribution in [2.45, 2.75) is 25.3 Å². The molecule has 0 spiro atoms. The highest BCUT2D eigenvalue weighted by molar-refractivity contribution is 5.90. The van der Waals surface area contributed by atoms with Crippen LogP contribution in [0.1, 0.15) is 19.3 Å². The first-order chi connectivity index (χ1) is 9.60. The maximum atomic E-state index is 13.0. The number of nitrogens with two attached hydrogens (primary N) is 1. The van der Waals surface area contributed by atoms with Crippen LogP contribution in [0.5, 0.6) is 0 Å². The molecule has 0 saturated heterocycles. The lowest BCUT2D eigenvalue weighted by Gasteiger charge is -2.26. The first-order valence-corrected chi connectivity index (χ1v) is 7.06. The van der Waals surface area contributed by atoms with Gasteiger partial charge in [0.15, 0.2) is 0 Å². The van der Waals surface area contributed by atoms with Gasteiger partial charge in [0, 0.05) is 31.2 Å². The van der Waals surface area contributed by atoms with E-state index in [4.69, 9.17) is 5.73 Å². The van der Waals surface area contributed by atoms with E-state index in [-0.39, 0.29) is 24.1 Å². The third kappa shape index (κ3) is 5.61. The van der Waals surface area contributed by atoms with Crippen molar-refractivity contribution >= 4 is 24.0 Å². The molecule has 1 saturated carbocycles. The molecule has 2 rings (SSSR count). The van der Waals surface area contributed by atoms with Crippen molar-refractivity contribution in [2.24, 2.45) is 11.7 Å². The highest BCUT2D eigenvalue weighted by Gasteiger charge is 2.32. The van der Waals surface area contributed by atoms with E-state index in [0.29, 0.717) is 37.2 Å². The number of halogens is 2. The van der Waals surface area contributed by atoms with E-state index in [0.717, 1.165) is 0 Å². The van der Waals surface area contributed by atoms with Crippen LogP contribution in [0.2, 0.25) is 0 Å². The van der Waals surface area contributed by atoms with Gasteiger partial charge in [0.05, 0.1) is 0 Å². The number of nitrogens with one attached hydrogen (secondary N) is 1. The number of carbonyl (C=O) groups excluding carboxylic acids is 1. The Kier molecular flexibility index (Phi) is 7.08. The van der Waals surface area contributed by atoms with Crippen molar-refractivity contribution in [1.29, 1.82) is 0 Å². The first kappa shape index (κ1) is 17.9. The van der Waals surface area contributed by atoms with Gasteiger partial charge < -0.3 is 16.0 Å². The molecule has 0 bridgehead atoms. The fourth-order valence-electron chi connectivity index (χ4n) is 2.45. The molecule has 0 radical (unpaired) electrons. The second-order valence-corrected chi connectivity index (χ2v) is 5.43. The van der Waals surface area contributed by atoms with Gasteiger partial charge in [-0.15, -0.1) is 12.4 Å². The van der Waals surface area contributed by atoms with Crippen LogP contribution < -0.4 is 11.1 Å². The summed E-state index contributed by atoms with van der Waals surface area (Å²) in [4.78, 5) is 14.0. The Hall–Kier alpha value is -1.17. The average molecular weight is 316 g/mol. The quantitative estimate of drug-likeness (QED) is 0.811. The molecule has 0 heterocycles. The summed E-state index contributed by atoms with van der Waals surface area (Å²) in [6.07, 6.45) is 2.86. The zero-order valence-corrected chi connectivity index (χ0v) is 13.0. The van der Waals surface area contributed by atoms with E-state index in [1.807, 2.05) is 7.05 Å². The first-order valence-electron chi connectivity index (χ1n) is 7.06. The summed E-state index contributed by atoms with van der Waals surface area (Å²) in [7, 11) is 2.01. The Balaban J connectivity index is 0.00000220. The molecular formula is C15H23ClFN3O. The summed E-state index contributed by atoms with van der Waals surface area (Å²) in [5.41, 5.74) is 6.27. The molecular weight excluding hydrogens is 293 g/mol. The highest BCUT2D eigenvalue weighted by atomic mass is 35.5. The smallest absolute Gasteiger partial charge is 0.225 e. The molecule has 1 unspecified atom stereocenters. The predicted octanol–water partition coefficient (Wildman–Crippen LogP) is 2.25. The Labute approximate surface area is 131 Å². The molecule has 1 amide bonds. The maximum absolute atomic E-state index is 13.0. The molecule has 0 aliphatic heterocycles. The van der Waals surface area contributed by atoms with E-state index in [2.05, 4.69) is 10.2 Å². The number of nitrogens with zero attached hydrogens (tertiary/aromatic N) is 1. The van der Waals surface area contributed by atoms with Crippen molar-refractivity contribution in [3.63, 3.8) is 0 Å². The van der Waals surface area contributed by atoms with Gasteiger partial charge in [0.2, 0.25) is 5.91 Å². The lowest BCUT2D eigenvalue weighted by Crippen LogP contribution is -2.40. The van der Waals surface area contributed by atoms with Crippen molar-refractivity contribution in [3.8, 4) is 0 Å². The van der Waals surface area contributed by atoms with Gasteiger partial charge in [0.25, 0.3) is 0 Å². The van der Waals surface area contributed by atoms with Gasteiger partial charge in [0.1, 0.15) is 5.82 Å². The van der Waals surface area contributed by atoms with Crippen LogP contribution in [0.15, 0.2) is 24.3 Å². The standard InChI is InChI=1S/C15H22FN3O.ClH/c1-19(14(10-17)11-5-6-11)8-7-15(20)18-13-4-2-3-12(16)9-13;/h2-4,9,11,14H,5-8,10,17H2,1H3,(H,18,20);1H. The van der Waals surface area contributed by atoms with Crippen LogP contribution in [0, 0.1) is 11.7 Å². The highest BCUT2D eigenvalue weighted by Crippen LogP contribution is 2.34. The largest absolute Gasteiger partial charge is 0.329 e. The molecule has 1 aromatic carbocycles. The van der Waals surface area contributed by atoms with Gasteiger partial charge >= 0.3 is 0 Å². The molecule has 1 fully saturated rings. The second kappa shape index (κ2) is 8.32. The van der Waals surface area contributed by atoms with Crippen molar-refractivity contribution in [1.82, 2.24) is 4.90 Å². The summed E-state index contributed by atoms with van der Waals surface area (Å²) < 4.78 is 13.0. The van der Waals surface area contributed by atoms with Crippen LogP contribution >= 0.6 is 12.4 Å². The number of likely N-dealkylation sites (N-methyl/N-ethyl adjacent to an activating group) is 1. The van der Waals surface area contributed by atoms with Crippen molar-refractivity contribution < 1.29 is 9.18 Å². The van der Waals surface area contributed by atoms with Gasteiger partial charge in [-0.1, -0.05) is 6.07 Å². The molecule has 1 aromatic rings. The maximum Gasteiger partial charge on any atom is 0.225 e. The van der Waals surface area contributed by atoms with E-state index < -0.39 is 0 Å². The summed E-state index contributed by atoms with van der Waals surface area (Å²) in [5, 5.41) is 2.70. The van der Waals surface area contributed by atoms with Gasteiger partial charge in [-0.2, -0.15) is 0 Å². The van der Waals surface area contributed by atoms with Gasteiger partial charge in [-0.05, 0) is 44.0 Å². The molecule has 118 valence electrons. The van der Waals surface area contributed by atoms with E-state index in [9.17, 15) is 9.18 Å². The van der Waals surface area contributed by atoms with Crippen molar-refractivity contribution in [3.05, 3.63) is 30.1 Å². The second-order valence-electron chi connectivity index (χ2n) is 5.43. The summed E-state index contributed by atoms with van der Waals surface area (Å²) >= 11 is 0. The zero-order valence-electron chi connectivity index (χ0n) is 12.2. The van der Waals surface area contributed by atoms with E-state index in [1.165, 1.54) is 25.0 Å². The monoisotopic (exact) mass is 315 g/mol. The molecule has 0 aromatic heterocycles. The van der Waals surface area contributed by atoms with Crippen molar-refractivity contribution in [2.75, 3.05) is 25.5 Å². The lowest BCUT2D eigenvalue weighted by atomic mass is 10.1. The predicted molar refractivity (Wildman–Crippen MR) is 85.1 cm³/mol. The van der Waals surface area contributed by atoms with Crippen LogP contribution in [-0.2, 0) is 4.79 Å². The molecule has 1 aliphatic rings. The molecule has 3 N–H and O–H groups in total. The normalized spacial score (nSPS) is 15.4. The van der Waals surface area contributed by atoms with Gasteiger partial charge in [-0.3, -0.25) is 4.79 Å². The minimum Gasteiger partial charge on any atom is -0.329 e. The number of hydrogen-bond acceptors (Lipinski definition) is 3. The Bertz CT molecular complexity index is 468. The van der Waals surface area contributed by atoms with Crippen LogP contribution in [-0.4, -0.2) is 37.0 Å². The number of hydrogen-bond donors (Lipinski definition) is 2. The average Bonchev–Trinajstić information content (AvgIpc) is 3.22.